The number of fused-ring (bicyclic) bond motifs is 2. The summed E-state index contributed by atoms with van der Waals surface area (Å²) in [6.45, 7) is 1.51. The summed E-state index contributed by atoms with van der Waals surface area (Å²) in [5, 5.41) is 5.63. The second-order valence-corrected chi connectivity index (χ2v) is 12.7. The highest BCUT2D eigenvalue weighted by Gasteiger charge is 2.56. The predicted octanol–water partition coefficient (Wildman–Crippen LogP) is 6.85. The van der Waals surface area contributed by atoms with Gasteiger partial charge in [0.05, 0.1) is 0 Å². The molecule has 0 saturated heterocycles. The Morgan fingerprint density at radius 3 is 1.92 bits per heavy atom. The number of nitrogens with one attached hydrogen (secondary N) is 1. The highest BCUT2D eigenvalue weighted by molar-refractivity contribution is 7.80. The Kier molecular flexibility index (Phi) is 6.10. The first-order chi connectivity index (χ1) is 18.5. The Morgan fingerprint density at radius 2 is 1.24 bits per heavy atom. The van der Waals surface area contributed by atoms with Gasteiger partial charge in [-0.25, -0.2) is 0 Å². The monoisotopic (exact) mass is 513 g/mol. The lowest BCUT2D eigenvalue weighted by Gasteiger charge is -2.47. The second-order valence-electron chi connectivity index (χ2n) is 9.75. The molecule has 1 aliphatic carbocycles. The molecule has 0 radical (unpaired) electrons. The van der Waals surface area contributed by atoms with Gasteiger partial charge in [0.2, 0.25) is 5.91 Å². The molecular formula is C34H28NO2P. The van der Waals surface area contributed by atoms with Gasteiger partial charge in [-0.1, -0.05) is 133 Å². The molecule has 2 atom stereocenters. The van der Waals surface area contributed by atoms with Crippen LogP contribution in [0.5, 0.6) is 0 Å². The van der Waals surface area contributed by atoms with E-state index >= 15 is 4.57 Å². The zero-order valence-electron chi connectivity index (χ0n) is 21.1. The lowest BCUT2D eigenvalue weighted by Crippen LogP contribution is -2.55. The van der Waals surface area contributed by atoms with Crippen LogP contribution in [0, 0.1) is 0 Å². The number of benzene rings is 5. The van der Waals surface area contributed by atoms with E-state index in [1.54, 1.807) is 0 Å². The maximum Gasteiger partial charge on any atom is 0.217 e. The fourth-order valence-electron chi connectivity index (χ4n) is 6.00. The van der Waals surface area contributed by atoms with Crippen molar-refractivity contribution in [3.05, 3.63) is 150 Å². The minimum atomic E-state index is -3.56. The van der Waals surface area contributed by atoms with Gasteiger partial charge in [0.1, 0.15) is 5.28 Å². The third-order valence-corrected chi connectivity index (χ3v) is 11.1. The standard InChI is InChI=1S/C34H28NO2P/c1-25(36)35-34(38(37,28-16-4-2-5-17-28)29-18-6-3-7-19-29)24-23-27-14-9-11-21-31(27)33(34)32-22-12-15-26-13-8-10-20-30(26)32/h2-24,33H,1H3,(H,35,36). The molecule has 0 heterocycles. The van der Waals surface area contributed by atoms with Crippen LogP contribution in [0.3, 0.4) is 0 Å². The molecule has 0 aromatic heterocycles. The summed E-state index contributed by atoms with van der Waals surface area (Å²) in [5.74, 6) is -0.642. The lowest BCUT2D eigenvalue weighted by molar-refractivity contribution is -0.119. The molecule has 3 nitrogen and oxygen atoms in total. The fourth-order valence-corrected chi connectivity index (χ4v) is 9.57. The van der Waals surface area contributed by atoms with Crippen molar-refractivity contribution in [3.63, 3.8) is 0 Å². The van der Waals surface area contributed by atoms with Crippen molar-refractivity contribution in [2.24, 2.45) is 0 Å². The maximum absolute atomic E-state index is 16.1. The van der Waals surface area contributed by atoms with Gasteiger partial charge in [0.15, 0.2) is 7.14 Å². The molecule has 0 bridgehead atoms. The Morgan fingerprint density at radius 1 is 0.684 bits per heavy atom. The van der Waals surface area contributed by atoms with E-state index in [4.69, 9.17) is 0 Å². The molecule has 4 heteroatoms. The van der Waals surface area contributed by atoms with E-state index in [1.807, 2.05) is 103 Å². The van der Waals surface area contributed by atoms with Gasteiger partial charge < -0.3 is 9.88 Å². The molecule has 5 aromatic carbocycles. The summed E-state index contributed by atoms with van der Waals surface area (Å²) in [4.78, 5) is 13.1. The van der Waals surface area contributed by atoms with Crippen molar-refractivity contribution in [1.29, 1.82) is 0 Å². The quantitative estimate of drug-likeness (QED) is 0.262. The summed E-state index contributed by atoms with van der Waals surface area (Å²) < 4.78 is 16.1. The van der Waals surface area contributed by atoms with Crippen molar-refractivity contribution in [1.82, 2.24) is 5.32 Å². The molecule has 1 N–H and O–H groups in total. The second kappa shape index (κ2) is 9.59. The van der Waals surface area contributed by atoms with E-state index < -0.39 is 18.3 Å². The smallest absolute Gasteiger partial charge is 0.217 e. The first-order valence-electron chi connectivity index (χ1n) is 12.8. The number of carbonyl (C=O) groups is 1. The molecule has 0 fully saturated rings. The van der Waals surface area contributed by atoms with E-state index in [1.165, 1.54) is 6.92 Å². The number of amides is 1. The minimum Gasteiger partial charge on any atom is -0.339 e. The van der Waals surface area contributed by atoms with Crippen molar-refractivity contribution in [2.75, 3.05) is 0 Å². The van der Waals surface area contributed by atoms with Crippen LogP contribution >= 0.6 is 7.14 Å². The van der Waals surface area contributed by atoms with E-state index in [0.29, 0.717) is 10.6 Å². The Balaban J connectivity index is 1.77. The normalized spacial score (nSPS) is 18.6. The molecular weight excluding hydrogens is 485 g/mol. The van der Waals surface area contributed by atoms with Crippen LogP contribution in [0.15, 0.2) is 133 Å². The molecule has 38 heavy (non-hydrogen) atoms. The van der Waals surface area contributed by atoms with E-state index in [9.17, 15) is 4.79 Å². The van der Waals surface area contributed by atoms with Gasteiger partial charge in [-0.15, -0.1) is 0 Å². The van der Waals surface area contributed by atoms with Gasteiger partial charge in [-0.05, 0) is 33.5 Å². The Labute approximate surface area is 223 Å². The third kappa shape index (κ3) is 3.74. The SMILES string of the molecule is CC(=O)NC1(P(=O)(c2ccccc2)c2ccccc2)C=Cc2ccccc2C1c1cccc2ccccc12. The first kappa shape index (κ1) is 24.2. The average molecular weight is 514 g/mol. The van der Waals surface area contributed by atoms with Gasteiger partial charge in [-0.2, -0.15) is 0 Å². The highest BCUT2D eigenvalue weighted by Crippen LogP contribution is 2.64. The number of carbonyl (C=O) groups excluding carboxylic acids is 1. The van der Waals surface area contributed by atoms with Crippen LogP contribution in [0.4, 0.5) is 0 Å². The molecule has 0 saturated carbocycles. The van der Waals surface area contributed by atoms with E-state index in [0.717, 1.165) is 27.5 Å². The van der Waals surface area contributed by atoms with Crippen molar-refractivity contribution in [3.8, 4) is 0 Å². The minimum absolute atomic E-state index is 0.230. The number of hydrogen-bond acceptors (Lipinski definition) is 2. The summed E-state index contributed by atoms with van der Waals surface area (Å²) in [6, 6.07) is 41.9. The Hall–Kier alpha value is -4.20. The number of hydrogen-bond donors (Lipinski definition) is 1. The third-order valence-electron chi connectivity index (χ3n) is 7.54. The van der Waals surface area contributed by atoms with Gasteiger partial charge in [-0.3, -0.25) is 4.79 Å². The van der Waals surface area contributed by atoms with Crippen LogP contribution < -0.4 is 15.9 Å². The van der Waals surface area contributed by atoms with Gasteiger partial charge in [0, 0.05) is 23.5 Å². The van der Waals surface area contributed by atoms with E-state index in [2.05, 4.69) is 41.7 Å². The highest BCUT2D eigenvalue weighted by atomic mass is 31.2. The Bertz CT molecular complexity index is 1660. The summed E-state index contributed by atoms with van der Waals surface area (Å²) in [7, 11) is -3.56. The van der Waals surface area contributed by atoms with Crippen LogP contribution in [-0.2, 0) is 9.36 Å². The number of rotatable bonds is 5. The molecule has 1 amide bonds. The largest absolute Gasteiger partial charge is 0.339 e. The molecule has 0 spiro atoms. The van der Waals surface area contributed by atoms with Crippen LogP contribution in [0.25, 0.3) is 16.8 Å². The van der Waals surface area contributed by atoms with Crippen LogP contribution in [0.2, 0.25) is 0 Å². The summed E-state index contributed by atoms with van der Waals surface area (Å²) in [6.07, 6.45) is 4.01. The molecule has 1 aliphatic rings. The van der Waals surface area contributed by atoms with Crippen LogP contribution in [-0.4, -0.2) is 11.2 Å². The van der Waals surface area contributed by atoms with Gasteiger partial charge in [0.25, 0.3) is 0 Å². The lowest BCUT2D eigenvalue weighted by atomic mass is 9.77. The van der Waals surface area contributed by atoms with Crippen molar-refractivity contribution in [2.45, 2.75) is 18.1 Å². The summed E-state index contributed by atoms with van der Waals surface area (Å²) >= 11 is 0. The van der Waals surface area contributed by atoms with Crippen LogP contribution in [0.1, 0.15) is 29.5 Å². The maximum atomic E-state index is 16.1. The molecule has 2 unspecified atom stereocenters. The van der Waals surface area contributed by atoms with E-state index in [-0.39, 0.29) is 5.91 Å². The van der Waals surface area contributed by atoms with Crippen molar-refractivity contribution >= 4 is 40.5 Å². The van der Waals surface area contributed by atoms with Gasteiger partial charge >= 0.3 is 0 Å². The average Bonchev–Trinajstić information content (AvgIpc) is 2.97. The molecule has 0 aliphatic heterocycles. The first-order valence-corrected chi connectivity index (χ1v) is 14.5. The molecule has 186 valence electrons. The van der Waals surface area contributed by atoms with Crippen molar-refractivity contribution < 1.29 is 9.36 Å². The molecule has 5 aromatic rings. The summed E-state index contributed by atoms with van der Waals surface area (Å²) in [5.41, 5.74) is 3.12. The zero-order valence-corrected chi connectivity index (χ0v) is 22.0. The molecule has 6 rings (SSSR count). The topological polar surface area (TPSA) is 46.2 Å². The zero-order chi connectivity index (χ0) is 26.2. The fraction of sp³-hybridized carbons (Fsp3) is 0.0882. The predicted molar refractivity (Wildman–Crippen MR) is 158 cm³/mol.